The molecule has 0 radical (unpaired) electrons. The van der Waals surface area contributed by atoms with Gasteiger partial charge in [0, 0.05) is 6.42 Å². The molecule has 1 rings (SSSR count). The van der Waals surface area contributed by atoms with Crippen molar-refractivity contribution in [1.29, 1.82) is 0 Å². The fourth-order valence-electron chi connectivity index (χ4n) is 2.16. The first-order valence-corrected chi connectivity index (χ1v) is 8.48. The topological polar surface area (TPSA) is 178 Å². The second kappa shape index (κ2) is 11.1. The highest BCUT2D eigenvalue weighted by Crippen LogP contribution is 2.24. The molecule has 1 aliphatic rings. The van der Waals surface area contributed by atoms with Gasteiger partial charge in [-0.05, 0) is 20.3 Å². The molecule has 1 amide bonds. The summed E-state index contributed by atoms with van der Waals surface area (Å²) in [5, 5.41) is 30.3. The summed E-state index contributed by atoms with van der Waals surface area (Å²) in [7, 11) is 0. The van der Waals surface area contributed by atoms with Gasteiger partial charge in [-0.15, -0.1) is 0 Å². The van der Waals surface area contributed by atoms with E-state index in [1.165, 1.54) is 0 Å². The highest BCUT2D eigenvalue weighted by Gasteiger charge is 2.41. The molecule has 0 fully saturated rings. The first-order chi connectivity index (χ1) is 13.2. The van der Waals surface area contributed by atoms with Gasteiger partial charge in [0.05, 0.1) is 19.8 Å². The van der Waals surface area contributed by atoms with E-state index < -0.39 is 60.4 Å². The lowest BCUT2D eigenvalue weighted by Crippen LogP contribution is -2.42. The summed E-state index contributed by atoms with van der Waals surface area (Å²) < 4.78 is 18.8. The van der Waals surface area contributed by atoms with Crippen LogP contribution < -0.4 is 5.32 Å². The Morgan fingerprint density at radius 2 is 1.86 bits per heavy atom. The third kappa shape index (κ3) is 6.39. The molecule has 158 valence electrons. The first-order valence-electron chi connectivity index (χ1n) is 8.48. The van der Waals surface area contributed by atoms with Gasteiger partial charge in [0.15, 0.2) is 11.9 Å². The van der Waals surface area contributed by atoms with Gasteiger partial charge in [-0.1, -0.05) is 0 Å². The summed E-state index contributed by atoms with van der Waals surface area (Å²) in [4.78, 5) is 47.1. The van der Waals surface area contributed by atoms with Crippen LogP contribution in [-0.2, 0) is 33.3 Å². The van der Waals surface area contributed by atoms with Gasteiger partial charge >= 0.3 is 24.0 Å². The number of aliphatic hydroxyl groups excluding tert-OH is 3. The minimum Gasteiger partial charge on any atom is -0.505 e. The molecule has 0 aromatic rings. The zero-order valence-corrected chi connectivity index (χ0v) is 15.4. The molecule has 12 nitrogen and oxygen atoms in total. The maximum absolute atomic E-state index is 12.0. The molecule has 1 aliphatic heterocycles. The highest BCUT2D eigenvalue weighted by molar-refractivity contribution is 5.93. The van der Waals surface area contributed by atoms with Crippen LogP contribution in [0.2, 0.25) is 0 Å². The van der Waals surface area contributed by atoms with Crippen molar-refractivity contribution in [2.45, 2.75) is 44.9 Å². The molecular formula is C16H23NO11. The molecule has 1 heterocycles. The Kier molecular flexibility index (Phi) is 9.18. The summed E-state index contributed by atoms with van der Waals surface area (Å²) in [6.45, 7) is 2.50. The number of hydrogen-bond donors (Lipinski definition) is 4. The molecule has 12 heteroatoms. The quantitative estimate of drug-likeness (QED) is 0.260. The van der Waals surface area contributed by atoms with Crippen LogP contribution in [0.15, 0.2) is 11.5 Å². The van der Waals surface area contributed by atoms with Gasteiger partial charge < -0.3 is 39.6 Å². The summed E-state index contributed by atoms with van der Waals surface area (Å²) in [6, 6.07) is -1.28. The SMILES string of the molecule is CCOC(=O)CC[C@H](NC(=O)OC1=C(O)[C@@H]([C@@H](O)CO)OC1=O)C(=O)OCC. The zero-order valence-electron chi connectivity index (χ0n) is 15.4. The van der Waals surface area contributed by atoms with Crippen LogP contribution in [0.4, 0.5) is 4.79 Å². The Balaban J connectivity index is 2.78. The van der Waals surface area contributed by atoms with Crippen molar-refractivity contribution >= 4 is 24.0 Å². The highest BCUT2D eigenvalue weighted by atomic mass is 16.6. The minimum atomic E-state index is -1.62. The third-order valence-electron chi connectivity index (χ3n) is 3.46. The van der Waals surface area contributed by atoms with E-state index in [0.29, 0.717) is 0 Å². The summed E-state index contributed by atoms with van der Waals surface area (Å²) in [6.07, 6.45) is -4.87. The number of rotatable bonds is 10. The Morgan fingerprint density at radius 3 is 2.43 bits per heavy atom. The predicted molar refractivity (Wildman–Crippen MR) is 88.5 cm³/mol. The van der Waals surface area contributed by atoms with Crippen LogP contribution in [0, 0.1) is 0 Å². The maximum atomic E-state index is 12.0. The Morgan fingerprint density at radius 1 is 1.21 bits per heavy atom. The van der Waals surface area contributed by atoms with E-state index >= 15 is 0 Å². The van der Waals surface area contributed by atoms with Crippen molar-refractivity contribution in [3.63, 3.8) is 0 Å². The number of ether oxygens (including phenoxy) is 4. The van der Waals surface area contributed by atoms with E-state index in [2.05, 4.69) is 14.8 Å². The molecule has 0 aliphatic carbocycles. The largest absolute Gasteiger partial charge is 0.505 e. The van der Waals surface area contributed by atoms with E-state index in [9.17, 15) is 29.4 Å². The normalized spacial score (nSPS) is 18.1. The molecule has 0 spiro atoms. The van der Waals surface area contributed by atoms with Crippen molar-refractivity contribution in [2.75, 3.05) is 19.8 Å². The number of amides is 1. The lowest BCUT2D eigenvalue weighted by molar-refractivity contribution is -0.148. The zero-order chi connectivity index (χ0) is 21.3. The number of esters is 3. The molecule has 0 saturated carbocycles. The summed E-state index contributed by atoms with van der Waals surface area (Å²) in [5.41, 5.74) is 0. The van der Waals surface area contributed by atoms with Crippen LogP contribution in [0.3, 0.4) is 0 Å². The monoisotopic (exact) mass is 405 g/mol. The lowest BCUT2D eigenvalue weighted by Gasteiger charge is -2.16. The van der Waals surface area contributed by atoms with Crippen molar-refractivity contribution in [2.24, 2.45) is 0 Å². The average molecular weight is 405 g/mol. The number of aliphatic hydroxyl groups is 3. The maximum Gasteiger partial charge on any atom is 0.413 e. The molecule has 28 heavy (non-hydrogen) atoms. The van der Waals surface area contributed by atoms with Crippen LogP contribution in [0.25, 0.3) is 0 Å². The number of hydrogen-bond acceptors (Lipinski definition) is 11. The second-order valence-corrected chi connectivity index (χ2v) is 5.47. The van der Waals surface area contributed by atoms with Gasteiger partial charge in [0.1, 0.15) is 12.1 Å². The molecule has 3 atom stereocenters. The van der Waals surface area contributed by atoms with Crippen LogP contribution in [0.1, 0.15) is 26.7 Å². The Labute approximate surface area is 160 Å². The average Bonchev–Trinajstić information content (AvgIpc) is 2.93. The number of carbonyl (C=O) groups is 4. The van der Waals surface area contributed by atoms with Crippen LogP contribution >= 0.6 is 0 Å². The van der Waals surface area contributed by atoms with Crippen molar-refractivity contribution in [3.8, 4) is 0 Å². The van der Waals surface area contributed by atoms with Crippen molar-refractivity contribution < 1.29 is 53.4 Å². The predicted octanol–water partition coefficient (Wildman–Crippen LogP) is -0.964. The molecule has 0 saturated heterocycles. The smallest absolute Gasteiger partial charge is 0.413 e. The van der Waals surface area contributed by atoms with Crippen molar-refractivity contribution in [1.82, 2.24) is 5.32 Å². The van der Waals surface area contributed by atoms with E-state index in [4.69, 9.17) is 14.6 Å². The second-order valence-electron chi connectivity index (χ2n) is 5.47. The van der Waals surface area contributed by atoms with Gasteiger partial charge in [-0.3, -0.25) is 4.79 Å². The van der Waals surface area contributed by atoms with E-state index in [0.717, 1.165) is 0 Å². The molecule has 4 N–H and O–H groups in total. The Hall–Kier alpha value is -2.86. The van der Waals surface area contributed by atoms with Gasteiger partial charge in [0.2, 0.25) is 0 Å². The van der Waals surface area contributed by atoms with Gasteiger partial charge in [-0.25, -0.2) is 14.4 Å². The first kappa shape index (κ1) is 23.2. The van der Waals surface area contributed by atoms with Crippen molar-refractivity contribution in [3.05, 3.63) is 11.5 Å². The molecule has 0 aromatic carbocycles. The van der Waals surface area contributed by atoms with Gasteiger partial charge in [-0.2, -0.15) is 0 Å². The van der Waals surface area contributed by atoms with Crippen LogP contribution in [-0.4, -0.2) is 77.4 Å². The van der Waals surface area contributed by atoms with Crippen LogP contribution in [0.5, 0.6) is 0 Å². The fraction of sp³-hybridized carbons (Fsp3) is 0.625. The summed E-state index contributed by atoms with van der Waals surface area (Å²) in [5.74, 6) is -4.47. The van der Waals surface area contributed by atoms with E-state index in [1.807, 2.05) is 0 Å². The number of carbonyl (C=O) groups excluding carboxylic acids is 4. The molecule has 0 unspecified atom stereocenters. The molecule has 0 bridgehead atoms. The Bertz CT molecular complexity index is 630. The minimum absolute atomic E-state index is 0.0183. The number of nitrogens with one attached hydrogen (secondary N) is 1. The van der Waals surface area contributed by atoms with Gasteiger partial charge in [0.25, 0.3) is 5.76 Å². The third-order valence-corrected chi connectivity index (χ3v) is 3.46. The lowest BCUT2D eigenvalue weighted by atomic mass is 10.1. The summed E-state index contributed by atoms with van der Waals surface area (Å²) >= 11 is 0. The standard InChI is InChI=1S/C16H23NO11/c1-3-25-10(20)6-5-8(14(22)26-4-2)17-16(24)28-13-11(21)12(9(19)7-18)27-15(13)23/h8-9,12,18-19,21H,3-7H2,1-2H3,(H,17,24)/t8-,9-,12+/m0/s1. The van der Waals surface area contributed by atoms with E-state index in [1.54, 1.807) is 13.8 Å². The van der Waals surface area contributed by atoms with E-state index in [-0.39, 0.29) is 26.1 Å². The fourth-order valence-corrected chi connectivity index (χ4v) is 2.16. The number of cyclic esters (lactones) is 1. The number of alkyl carbamates (subject to hydrolysis) is 1. The molecule has 0 aromatic heterocycles. The molecular weight excluding hydrogens is 382 g/mol.